The summed E-state index contributed by atoms with van der Waals surface area (Å²) in [4.78, 5) is 11.7. The fourth-order valence-electron chi connectivity index (χ4n) is 1.77. The second-order valence-electron chi connectivity index (χ2n) is 4.16. The van der Waals surface area contributed by atoms with E-state index in [4.69, 9.17) is 17.4 Å². The van der Waals surface area contributed by atoms with Gasteiger partial charge in [0.25, 0.3) is 5.91 Å². The Balaban J connectivity index is 2.38. The monoisotopic (exact) mass is 275 g/mol. The molecule has 98 valence electrons. The van der Waals surface area contributed by atoms with Gasteiger partial charge in [-0.05, 0) is 42.8 Å². The van der Waals surface area contributed by atoms with Crippen LogP contribution in [0.2, 0.25) is 5.02 Å². The molecule has 2 aromatic carbocycles. The molecule has 0 atom stereocenters. The number of rotatable bonds is 3. The number of hydrogen-bond acceptors (Lipinski definition) is 3. The van der Waals surface area contributed by atoms with Gasteiger partial charge in [-0.2, -0.15) is 0 Å². The lowest BCUT2D eigenvalue weighted by Crippen LogP contribution is -2.30. The fraction of sp³-hybridized carbons (Fsp3) is 0.0714. The molecule has 2 rings (SSSR count). The van der Waals surface area contributed by atoms with Gasteiger partial charge in [-0.1, -0.05) is 23.7 Å². The van der Waals surface area contributed by atoms with Crippen molar-refractivity contribution in [3.8, 4) is 0 Å². The van der Waals surface area contributed by atoms with Gasteiger partial charge in [-0.15, -0.1) is 0 Å². The molecule has 0 aliphatic heterocycles. The van der Waals surface area contributed by atoms with Crippen molar-refractivity contribution >= 4 is 28.9 Å². The van der Waals surface area contributed by atoms with Crippen molar-refractivity contribution in [2.75, 3.05) is 5.32 Å². The number of benzene rings is 2. The van der Waals surface area contributed by atoms with Crippen LogP contribution in [-0.2, 0) is 0 Å². The zero-order valence-corrected chi connectivity index (χ0v) is 11.2. The Morgan fingerprint density at radius 3 is 2.68 bits per heavy atom. The molecule has 0 saturated carbocycles. The summed E-state index contributed by atoms with van der Waals surface area (Å²) in [5.41, 5.74) is 5.17. The molecule has 0 fully saturated rings. The number of anilines is 2. The molecule has 19 heavy (non-hydrogen) atoms. The highest BCUT2D eigenvalue weighted by atomic mass is 35.5. The number of amides is 1. The van der Waals surface area contributed by atoms with E-state index in [1.807, 2.05) is 31.2 Å². The Bertz CT molecular complexity index is 613. The zero-order valence-electron chi connectivity index (χ0n) is 10.4. The predicted molar refractivity (Wildman–Crippen MR) is 77.6 cm³/mol. The van der Waals surface area contributed by atoms with Crippen LogP contribution >= 0.6 is 11.6 Å². The van der Waals surface area contributed by atoms with Crippen LogP contribution in [0.5, 0.6) is 0 Å². The second-order valence-corrected chi connectivity index (χ2v) is 4.59. The molecule has 0 aliphatic rings. The van der Waals surface area contributed by atoms with E-state index in [0.29, 0.717) is 16.3 Å². The first kappa shape index (κ1) is 13.4. The quantitative estimate of drug-likeness (QED) is 0.458. The van der Waals surface area contributed by atoms with Gasteiger partial charge in [0.1, 0.15) is 0 Å². The van der Waals surface area contributed by atoms with E-state index in [1.54, 1.807) is 18.2 Å². The fourth-order valence-corrected chi connectivity index (χ4v) is 1.95. The van der Waals surface area contributed by atoms with Crippen molar-refractivity contribution < 1.29 is 4.79 Å². The van der Waals surface area contributed by atoms with Crippen LogP contribution in [0.3, 0.4) is 0 Å². The van der Waals surface area contributed by atoms with Crippen molar-refractivity contribution in [2.45, 2.75) is 6.92 Å². The molecule has 5 heteroatoms. The van der Waals surface area contributed by atoms with Gasteiger partial charge in [0.2, 0.25) is 0 Å². The summed E-state index contributed by atoms with van der Waals surface area (Å²) in [5, 5.41) is 3.71. The number of hydrogen-bond donors (Lipinski definition) is 3. The van der Waals surface area contributed by atoms with E-state index >= 15 is 0 Å². The minimum atomic E-state index is -0.369. The van der Waals surface area contributed by atoms with E-state index in [9.17, 15) is 4.79 Å². The summed E-state index contributed by atoms with van der Waals surface area (Å²) in [5.74, 6) is 4.80. The minimum Gasteiger partial charge on any atom is -0.355 e. The third-order valence-electron chi connectivity index (χ3n) is 2.65. The van der Waals surface area contributed by atoms with E-state index in [1.165, 1.54) is 0 Å². The molecule has 0 radical (unpaired) electrons. The van der Waals surface area contributed by atoms with Crippen molar-refractivity contribution in [3.63, 3.8) is 0 Å². The van der Waals surface area contributed by atoms with Gasteiger partial charge >= 0.3 is 0 Å². The van der Waals surface area contributed by atoms with Crippen LogP contribution in [-0.4, -0.2) is 5.91 Å². The maximum atomic E-state index is 11.7. The van der Waals surface area contributed by atoms with E-state index in [-0.39, 0.29) is 5.91 Å². The highest BCUT2D eigenvalue weighted by Crippen LogP contribution is 2.25. The molecule has 0 unspecified atom stereocenters. The molecule has 0 heterocycles. The van der Waals surface area contributed by atoms with Crippen LogP contribution in [0.4, 0.5) is 11.4 Å². The molecule has 0 saturated heterocycles. The van der Waals surface area contributed by atoms with Crippen molar-refractivity contribution in [3.05, 3.63) is 58.6 Å². The van der Waals surface area contributed by atoms with E-state index in [0.717, 1.165) is 11.3 Å². The maximum absolute atomic E-state index is 11.7. The minimum absolute atomic E-state index is 0.369. The largest absolute Gasteiger partial charge is 0.355 e. The van der Waals surface area contributed by atoms with E-state index in [2.05, 4.69) is 10.7 Å². The number of aryl methyl sites for hydroxylation is 1. The second kappa shape index (κ2) is 5.73. The lowest BCUT2D eigenvalue weighted by atomic mass is 10.1. The van der Waals surface area contributed by atoms with Crippen molar-refractivity contribution in [1.82, 2.24) is 5.43 Å². The summed E-state index contributed by atoms with van der Waals surface area (Å²) in [7, 11) is 0. The van der Waals surface area contributed by atoms with Gasteiger partial charge in [0.15, 0.2) is 0 Å². The van der Waals surface area contributed by atoms with Crippen LogP contribution in [0.15, 0.2) is 42.5 Å². The molecule has 1 amide bonds. The normalized spacial score (nSPS) is 10.1. The van der Waals surface area contributed by atoms with Gasteiger partial charge < -0.3 is 5.32 Å². The van der Waals surface area contributed by atoms with Gasteiger partial charge in [0.05, 0.1) is 11.3 Å². The molecule has 0 aliphatic carbocycles. The highest BCUT2D eigenvalue weighted by molar-refractivity contribution is 6.31. The summed E-state index contributed by atoms with van der Waals surface area (Å²) in [6.45, 7) is 2.00. The Hall–Kier alpha value is -2.04. The molecule has 2 aromatic rings. The van der Waals surface area contributed by atoms with Crippen LogP contribution in [0.1, 0.15) is 15.9 Å². The predicted octanol–water partition coefficient (Wildman–Crippen LogP) is 3.00. The van der Waals surface area contributed by atoms with Gasteiger partial charge in [-0.25, -0.2) is 5.84 Å². The average Bonchev–Trinajstić information content (AvgIpc) is 2.38. The average molecular weight is 276 g/mol. The summed E-state index contributed by atoms with van der Waals surface area (Å²) in [6.07, 6.45) is 0. The first-order chi connectivity index (χ1) is 9.10. The third-order valence-corrected chi connectivity index (χ3v) is 2.89. The van der Waals surface area contributed by atoms with E-state index < -0.39 is 0 Å². The number of halogens is 1. The maximum Gasteiger partial charge on any atom is 0.267 e. The summed E-state index contributed by atoms with van der Waals surface area (Å²) < 4.78 is 0. The molecule has 0 bridgehead atoms. The number of hydrazine groups is 1. The van der Waals surface area contributed by atoms with Crippen molar-refractivity contribution in [1.29, 1.82) is 0 Å². The first-order valence-electron chi connectivity index (χ1n) is 5.74. The van der Waals surface area contributed by atoms with Crippen LogP contribution in [0.25, 0.3) is 0 Å². The molecule has 4 nitrogen and oxygen atoms in total. The lowest BCUT2D eigenvalue weighted by molar-refractivity contribution is 0.0954. The number of nitrogens with one attached hydrogen (secondary N) is 2. The summed E-state index contributed by atoms with van der Waals surface area (Å²) >= 11 is 5.96. The SMILES string of the molecule is Cc1cccc(Nc2cc(Cl)ccc2C(=O)NN)c1. The lowest BCUT2D eigenvalue weighted by Gasteiger charge is -2.12. The number of nitrogen functional groups attached to an aromatic ring is 1. The zero-order chi connectivity index (χ0) is 13.8. The Morgan fingerprint density at radius 1 is 1.21 bits per heavy atom. The van der Waals surface area contributed by atoms with Crippen LogP contribution in [0, 0.1) is 6.92 Å². The van der Waals surface area contributed by atoms with Gasteiger partial charge in [-0.3, -0.25) is 10.2 Å². The van der Waals surface area contributed by atoms with Crippen LogP contribution < -0.4 is 16.6 Å². The smallest absolute Gasteiger partial charge is 0.267 e. The Kier molecular flexibility index (Phi) is 4.04. The first-order valence-corrected chi connectivity index (χ1v) is 6.12. The third kappa shape index (κ3) is 3.24. The molecule has 4 N–H and O–H groups in total. The molecular formula is C14H14ClN3O. The molecule has 0 spiro atoms. The topological polar surface area (TPSA) is 67.2 Å². The number of carbonyl (C=O) groups excluding carboxylic acids is 1. The standard InChI is InChI=1S/C14H14ClN3O/c1-9-3-2-4-11(7-9)17-13-8-10(15)5-6-12(13)14(19)18-16/h2-8,17H,16H2,1H3,(H,18,19). The molecule has 0 aromatic heterocycles. The molecular weight excluding hydrogens is 262 g/mol. The number of carbonyl (C=O) groups is 1. The van der Waals surface area contributed by atoms with Crippen molar-refractivity contribution in [2.24, 2.45) is 5.84 Å². The summed E-state index contributed by atoms with van der Waals surface area (Å²) in [6, 6.07) is 12.8. The highest BCUT2D eigenvalue weighted by Gasteiger charge is 2.11. The van der Waals surface area contributed by atoms with Gasteiger partial charge in [0, 0.05) is 10.7 Å². The Labute approximate surface area is 116 Å². The number of nitrogens with two attached hydrogens (primary N) is 1. The Morgan fingerprint density at radius 2 is 2.00 bits per heavy atom.